The Kier molecular flexibility index (Phi) is 3.96. The zero-order valence-corrected chi connectivity index (χ0v) is 14.2. The van der Waals surface area contributed by atoms with E-state index in [2.05, 4.69) is 12.2 Å². The number of likely N-dealkylation sites (tertiary alicyclic amines) is 1. The molecule has 1 amide bonds. The first-order chi connectivity index (χ1) is 10.6. The van der Waals surface area contributed by atoms with Crippen LogP contribution in [0.4, 0.5) is 0 Å². The quantitative estimate of drug-likeness (QED) is 0.813. The topological polar surface area (TPSA) is 33.5 Å². The van der Waals surface area contributed by atoms with E-state index in [1.165, 1.54) is 69.4 Å². The zero-order chi connectivity index (χ0) is 15.2. The monoisotopic (exact) mass is 305 g/mol. The van der Waals surface area contributed by atoms with Crippen molar-refractivity contribution in [2.24, 2.45) is 29.1 Å². The van der Waals surface area contributed by atoms with Gasteiger partial charge in [0.25, 0.3) is 5.91 Å². The standard InChI is InChI=1S/C19H32N2O/c1-14-3-2-4-21(11-14)12-18(22)20-13-19-8-15-5-16(9-19)7-17(6-15)10-19/h14-17H,2-13H2,1H3,(H,20,22)/p+1/t14-,15?,16?,17?,19?/m1/s1. The van der Waals surface area contributed by atoms with Crippen LogP contribution >= 0.6 is 0 Å². The Hall–Kier alpha value is -0.570. The van der Waals surface area contributed by atoms with E-state index in [9.17, 15) is 4.79 Å². The zero-order valence-electron chi connectivity index (χ0n) is 14.2. The molecule has 0 aromatic heterocycles. The molecule has 0 aromatic rings. The second-order valence-corrected chi connectivity index (χ2v) is 9.32. The van der Waals surface area contributed by atoms with Crippen molar-refractivity contribution in [1.82, 2.24) is 5.32 Å². The van der Waals surface area contributed by atoms with E-state index < -0.39 is 0 Å². The summed E-state index contributed by atoms with van der Waals surface area (Å²) in [4.78, 5) is 13.9. The molecule has 1 aliphatic heterocycles. The molecule has 3 nitrogen and oxygen atoms in total. The lowest BCUT2D eigenvalue weighted by Gasteiger charge is -2.56. The number of piperidine rings is 1. The van der Waals surface area contributed by atoms with Gasteiger partial charge in [-0.3, -0.25) is 4.79 Å². The third-order valence-corrected chi connectivity index (χ3v) is 7.10. The second-order valence-electron chi connectivity index (χ2n) is 9.32. The molecular weight excluding hydrogens is 272 g/mol. The van der Waals surface area contributed by atoms with Crippen LogP contribution in [-0.2, 0) is 4.79 Å². The third kappa shape index (κ3) is 3.06. The largest absolute Gasteiger partial charge is 0.351 e. The van der Waals surface area contributed by atoms with Crippen molar-refractivity contribution in [3.8, 4) is 0 Å². The molecule has 4 bridgehead atoms. The Balaban J connectivity index is 1.28. The van der Waals surface area contributed by atoms with Gasteiger partial charge >= 0.3 is 0 Å². The number of amides is 1. The van der Waals surface area contributed by atoms with Gasteiger partial charge in [0.05, 0.1) is 13.1 Å². The number of rotatable bonds is 4. The molecule has 5 aliphatic rings. The van der Waals surface area contributed by atoms with Gasteiger partial charge in [-0.2, -0.15) is 0 Å². The van der Waals surface area contributed by atoms with Crippen molar-refractivity contribution >= 4 is 5.91 Å². The number of hydrogen-bond acceptors (Lipinski definition) is 1. The highest BCUT2D eigenvalue weighted by molar-refractivity contribution is 5.76. The SMILES string of the molecule is C[C@@H]1CCC[NH+](CC(=O)NCC23CC4CC(CC(C4)C2)C3)C1. The van der Waals surface area contributed by atoms with Crippen LogP contribution in [0.25, 0.3) is 0 Å². The fourth-order valence-electron chi connectivity index (χ4n) is 6.64. The maximum Gasteiger partial charge on any atom is 0.275 e. The molecule has 2 N–H and O–H groups in total. The summed E-state index contributed by atoms with van der Waals surface area (Å²) in [6, 6.07) is 0. The van der Waals surface area contributed by atoms with Crippen molar-refractivity contribution in [3.05, 3.63) is 0 Å². The van der Waals surface area contributed by atoms with Crippen molar-refractivity contribution in [3.63, 3.8) is 0 Å². The van der Waals surface area contributed by atoms with Crippen molar-refractivity contribution in [2.45, 2.75) is 58.3 Å². The molecule has 5 rings (SSSR count). The van der Waals surface area contributed by atoms with E-state index in [4.69, 9.17) is 0 Å². The molecular formula is C19H33N2O+. The minimum atomic E-state index is 0.305. The smallest absolute Gasteiger partial charge is 0.275 e. The van der Waals surface area contributed by atoms with Gasteiger partial charge in [0.2, 0.25) is 0 Å². The summed E-state index contributed by atoms with van der Waals surface area (Å²) in [5.74, 6) is 4.05. The lowest BCUT2D eigenvalue weighted by molar-refractivity contribution is -0.900. The summed E-state index contributed by atoms with van der Waals surface area (Å²) in [6.45, 7) is 6.38. The normalized spacial score (nSPS) is 46.7. The number of carbonyl (C=O) groups excluding carboxylic acids is 1. The fraction of sp³-hybridized carbons (Fsp3) is 0.947. The minimum absolute atomic E-state index is 0.305. The first-order valence-electron chi connectivity index (χ1n) is 9.70. The summed E-state index contributed by atoms with van der Waals surface area (Å²) in [7, 11) is 0. The molecule has 5 fully saturated rings. The van der Waals surface area contributed by atoms with Crippen LogP contribution < -0.4 is 10.2 Å². The maximum atomic E-state index is 12.4. The highest BCUT2D eigenvalue weighted by Crippen LogP contribution is 2.59. The predicted molar refractivity (Wildman–Crippen MR) is 87.6 cm³/mol. The first-order valence-corrected chi connectivity index (χ1v) is 9.70. The molecule has 1 saturated heterocycles. The molecule has 124 valence electrons. The Morgan fingerprint density at radius 3 is 2.36 bits per heavy atom. The Bertz CT molecular complexity index is 398. The summed E-state index contributed by atoms with van der Waals surface area (Å²) in [5.41, 5.74) is 0.481. The number of quaternary nitrogens is 1. The Morgan fingerprint density at radius 2 is 1.77 bits per heavy atom. The summed E-state index contributed by atoms with van der Waals surface area (Å²) < 4.78 is 0. The van der Waals surface area contributed by atoms with Gasteiger partial charge in [-0.05, 0) is 74.5 Å². The van der Waals surface area contributed by atoms with Gasteiger partial charge in [-0.1, -0.05) is 6.92 Å². The van der Waals surface area contributed by atoms with E-state index in [1.807, 2.05) is 0 Å². The van der Waals surface area contributed by atoms with Crippen molar-refractivity contribution in [2.75, 3.05) is 26.2 Å². The third-order valence-electron chi connectivity index (χ3n) is 7.10. The molecule has 22 heavy (non-hydrogen) atoms. The molecule has 1 unspecified atom stereocenters. The van der Waals surface area contributed by atoms with Crippen LogP contribution in [0.2, 0.25) is 0 Å². The molecule has 0 aromatic carbocycles. The number of carbonyl (C=O) groups is 1. The van der Waals surface area contributed by atoms with E-state index in [0.29, 0.717) is 17.9 Å². The molecule has 3 heteroatoms. The van der Waals surface area contributed by atoms with E-state index in [1.54, 1.807) is 0 Å². The molecule has 1 heterocycles. The van der Waals surface area contributed by atoms with Gasteiger partial charge in [-0.25, -0.2) is 0 Å². The van der Waals surface area contributed by atoms with Gasteiger partial charge in [0.1, 0.15) is 0 Å². The van der Waals surface area contributed by atoms with Crippen LogP contribution in [0, 0.1) is 29.1 Å². The lowest BCUT2D eigenvalue weighted by Crippen LogP contribution is -3.14. The van der Waals surface area contributed by atoms with Gasteiger partial charge in [0, 0.05) is 12.5 Å². The highest BCUT2D eigenvalue weighted by Gasteiger charge is 2.50. The predicted octanol–water partition coefficient (Wildman–Crippen LogP) is 1.63. The maximum absolute atomic E-state index is 12.4. The van der Waals surface area contributed by atoms with E-state index in [-0.39, 0.29) is 0 Å². The lowest BCUT2D eigenvalue weighted by atomic mass is 9.49. The summed E-state index contributed by atoms with van der Waals surface area (Å²) >= 11 is 0. The molecule has 0 spiro atoms. The van der Waals surface area contributed by atoms with Gasteiger partial charge in [0.15, 0.2) is 6.54 Å². The van der Waals surface area contributed by atoms with Crippen molar-refractivity contribution in [1.29, 1.82) is 0 Å². The van der Waals surface area contributed by atoms with E-state index in [0.717, 1.165) is 30.2 Å². The van der Waals surface area contributed by atoms with Gasteiger partial charge in [-0.15, -0.1) is 0 Å². The second kappa shape index (κ2) is 5.81. The average Bonchev–Trinajstić information content (AvgIpc) is 2.44. The van der Waals surface area contributed by atoms with Crippen LogP contribution in [0.5, 0.6) is 0 Å². The average molecular weight is 305 g/mol. The van der Waals surface area contributed by atoms with Crippen molar-refractivity contribution < 1.29 is 9.69 Å². The minimum Gasteiger partial charge on any atom is -0.351 e. The summed E-state index contributed by atoms with van der Waals surface area (Å²) in [6.07, 6.45) is 11.3. The van der Waals surface area contributed by atoms with Crippen LogP contribution in [-0.4, -0.2) is 32.1 Å². The molecule has 4 saturated carbocycles. The highest BCUT2D eigenvalue weighted by atomic mass is 16.2. The van der Waals surface area contributed by atoms with E-state index >= 15 is 0 Å². The van der Waals surface area contributed by atoms with Crippen LogP contribution in [0.1, 0.15) is 58.3 Å². The fourth-order valence-corrected chi connectivity index (χ4v) is 6.64. The van der Waals surface area contributed by atoms with Gasteiger partial charge < -0.3 is 10.2 Å². The van der Waals surface area contributed by atoms with Crippen LogP contribution in [0.3, 0.4) is 0 Å². The first kappa shape index (κ1) is 15.0. The number of nitrogens with one attached hydrogen (secondary N) is 2. The summed E-state index contributed by atoms with van der Waals surface area (Å²) in [5, 5.41) is 3.34. The number of hydrogen-bond donors (Lipinski definition) is 2. The molecule has 2 atom stereocenters. The molecule has 4 aliphatic carbocycles. The Morgan fingerprint density at radius 1 is 1.14 bits per heavy atom. The molecule has 0 radical (unpaired) electrons. The Labute approximate surface area is 135 Å². The van der Waals surface area contributed by atoms with Crippen LogP contribution in [0.15, 0.2) is 0 Å².